The van der Waals surface area contributed by atoms with Gasteiger partial charge in [0.25, 0.3) is 0 Å². The van der Waals surface area contributed by atoms with E-state index in [1.165, 1.54) is 0 Å². The second-order valence-electron chi connectivity index (χ2n) is 7.59. The van der Waals surface area contributed by atoms with Crippen molar-refractivity contribution in [3.8, 4) is 0 Å². The fraction of sp³-hybridized carbons (Fsp3) is 0.500. The SMILES string of the molecule is OCCCCCCc1ccc2ccc3ccc(CCCCCCO)nc3c2n1. The number of aromatic nitrogens is 2. The van der Waals surface area contributed by atoms with Gasteiger partial charge in [-0.2, -0.15) is 0 Å². The summed E-state index contributed by atoms with van der Waals surface area (Å²) in [5.74, 6) is 0. The molecule has 2 N–H and O–H groups in total. The quantitative estimate of drug-likeness (QED) is 0.344. The van der Waals surface area contributed by atoms with E-state index < -0.39 is 0 Å². The first-order valence-corrected chi connectivity index (χ1v) is 10.7. The molecule has 150 valence electrons. The highest BCUT2D eigenvalue weighted by Gasteiger charge is 2.07. The first-order valence-electron chi connectivity index (χ1n) is 10.7. The van der Waals surface area contributed by atoms with Gasteiger partial charge in [-0.05, 0) is 50.7 Å². The number of benzene rings is 1. The van der Waals surface area contributed by atoms with Crippen LogP contribution in [0.1, 0.15) is 62.8 Å². The zero-order valence-electron chi connectivity index (χ0n) is 16.7. The Morgan fingerprint density at radius 1 is 0.500 bits per heavy atom. The predicted octanol–water partition coefficient (Wildman–Crippen LogP) is 4.97. The van der Waals surface area contributed by atoms with Gasteiger partial charge in [0, 0.05) is 35.4 Å². The van der Waals surface area contributed by atoms with Crippen LogP contribution in [0.15, 0.2) is 36.4 Å². The Bertz CT molecular complexity index is 806. The van der Waals surface area contributed by atoms with Crippen molar-refractivity contribution in [2.45, 2.75) is 64.2 Å². The summed E-state index contributed by atoms with van der Waals surface area (Å²) < 4.78 is 0. The zero-order chi connectivity index (χ0) is 19.6. The molecule has 3 aromatic rings. The minimum Gasteiger partial charge on any atom is -0.396 e. The average molecular weight is 381 g/mol. The van der Waals surface area contributed by atoms with Crippen LogP contribution < -0.4 is 0 Å². The molecule has 0 aliphatic heterocycles. The third-order valence-corrected chi connectivity index (χ3v) is 5.32. The topological polar surface area (TPSA) is 66.2 Å². The van der Waals surface area contributed by atoms with Crippen LogP contribution in [0.25, 0.3) is 21.8 Å². The number of nitrogens with zero attached hydrogens (tertiary/aromatic N) is 2. The molecule has 2 aromatic heterocycles. The van der Waals surface area contributed by atoms with E-state index in [2.05, 4.69) is 36.4 Å². The summed E-state index contributed by atoms with van der Waals surface area (Å²) in [5, 5.41) is 20.1. The molecule has 0 amide bonds. The van der Waals surface area contributed by atoms with Crippen LogP contribution in [0, 0.1) is 0 Å². The summed E-state index contributed by atoms with van der Waals surface area (Å²) in [6, 6.07) is 12.8. The fourth-order valence-electron chi connectivity index (χ4n) is 3.67. The number of hydrogen-bond acceptors (Lipinski definition) is 4. The summed E-state index contributed by atoms with van der Waals surface area (Å²) in [6.07, 6.45) is 10.4. The maximum Gasteiger partial charge on any atom is 0.0967 e. The molecule has 28 heavy (non-hydrogen) atoms. The predicted molar refractivity (Wildman–Crippen MR) is 116 cm³/mol. The summed E-state index contributed by atoms with van der Waals surface area (Å²) >= 11 is 0. The van der Waals surface area contributed by atoms with Crippen molar-refractivity contribution in [1.29, 1.82) is 0 Å². The number of aryl methyl sites for hydroxylation is 2. The number of pyridine rings is 2. The molecular weight excluding hydrogens is 348 g/mol. The maximum atomic E-state index is 8.89. The van der Waals surface area contributed by atoms with E-state index in [4.69, 9.17) is 20.2 Å². The molecule has 2 heterocycles. The van der Waals surface area contributed by atoms with Gasteiger partial charge in [0.15, 0.2) is 0 Å². The Morgan fingerprint density at radius 3 is 1.32 bits per heavy atom. The van der Waals surface area contributed by atoms with Crippen molar-refractivity contribution in [3.05, 3.63) is 47.8 Å². The van der Waals surface area contributed by atoms with Gasteiger partial charge in [-0.15, -0.1) is 0 Å². The Labute approximate surface area is 167 Å². The van der Waals surface area contributed by atoms with Crippen LogP contribution in [0.4, 0.5) is 0 Å². The molecule has 0 radical (unpaired) electrons. The first kappa shape index (κ1) is 20.7. The normalized spacial score (nSPS) is 11.5. The molecule has 0 aliphatic carbocycles. The highest BCUT2D eigenvalue weighted by molar-refractivity contribution is 6.02. The summed E-state index contributed by atoms with van der Waals surface area (Å²) in [5.41, 5.74) is 4.26. The Balaban J connectivity index is 1.74. The first-order chi connectivity index (χ1) is 13.8. The number of unbranched alkanes of at least 4 members (excludes halogenated alkanes) is 6. The largest absolute Gasteiger partial charge is 0.396 e. The van der Waals surface area contributed by atoms with Gasteiger partial charge in [-0.1, -0.05) is 49.9 Å². The molecule has 0 fully saturated rings. The van der Waals surface area contributed by atoms with Crippen molar-refractivity contribution < 1.29 is 10.2 Å². The van der Waals surface area contributed by atoms with E-state index in [0.29, 0.717) is 0 Å². The van der Waals surface area contributed by atoms with E-state index in [0.717, 1.165) is 97.4 Å². The van der Waals surface area contributed by atoms with E-state index >= 15 is 0 Å². The van der Waals surface area contributed by atoms with Gasteiger partial charge >= 0.3 is 0 Å². The fourth-order valence-corrected chi connectivity index (χ4v) is 3.67. The Kier molecular flexibility index (Phi) is 8.19. The maximum absolute atomic E-state index is 8.89. The van der Waals surface area contributed by atoms with Crippen molar-refractivity contribution in [2.24, 2.45) is 0 Å². The third kappa shape index (κ3) is 5.73. The number of aliphatic hydroxyl groups excluding tert-OH is 2. The standard InChI is InChI=1S/C24H32N2O2/c27-17-7-3-1-5-9-21-15-13-19-11-12-20-14-16-22(10-6-2-4-8-18-28)26-24(20)23(19)25-21/h11-16,27-28H,1-10,17-18H2. The number of fused-ring (bicyclic) bond motifs is 3. The zero-order valence-corrected chi connectivity index (χ0v) is 16.7. The molecule has 0 bridgehead atoms. The van der Waals surface area contributed by atoms with Crippen LogP contribution in [0.5, 0.6) is 0 Å². The number of rotatable bonds is 12. The Morgan fingerprint density at radius 2 is 0.893 bits per heavy atom. The van der Waals surface area contributed by atoms with Gasteiger partial charge in [0.05, 0.1) is 11.0 Å². The number of hydrogen-bond donors (Lipinski definition) is 2. The lowest BCUT2D eigenvalue weighted by Gasteiger charge is -2.08. The second kappa shape index (κ2) is 11.1. The van der Waals surface area contributed by atoms with Crippen molar-refractivity contribution >= 4 is 21.8 Å². The van der Waals surface area contributed by atoms with Crippen molar-refractivity contribution in [1.82, 2.24) is 9.97 Å². The smallest absolute Gasteiger partial charge is 0.0967 e. The summed E-state index contributed by atoms with van der Waals surface area (Å²) in [6.45, 7) is 0.575. The molecule has 4 nitrogen and oxygen atoms in total. The van der Waals surface area contributed by atoms with E-state index in [1.807, 2.05) is 0 Å². The third-order valence-electron chi connectivity index (χ3n) is 5.32. The van der Waals surface area contributed by atoms with E-state index in [1.54, 1.807) is 0 Å². The monoisotopic (exact) mass is 380 g/mol. The van der Waals surface area contributed by atoms with Gasteiger partial charge in [0.1, 0.15) is 0 Å². The van der Waals surface area contributed by atoms with Crippen molar-refractivity contribution in [2.75, 3.05) is 13.2 Å². The minimum absolute atomic E-state index is 0.287. The van der Waals surface area contributed by atoms with Crippen molar-refractivity contribution in [3.63, 3.8) is 0 Å². The molecule has 0 saturated heterocycles. The molecule has 0 atom stereocenters. The minimum atomic E-state index is 0.287. The molecule has 1 aromatic carbocycles. The Hall–Kier alpha value is -2.04. The van der Waals surface area contributed by atoms with Crippen LogP contribution in [-0.4, -0.2) is 33.4 Å². The highest BCUT2D eigenvalue weighted by atomic mass is 16.3. The highest BCUT2D eigenvalue weighted by Crippen LogP contribution is 2.24. The molecule has 4 heteroatoms. The lowest BCUT2D eigenvalue weighted by molar-refractivity contribution is 0.282. The van der Waals surface area contributed by atoms with Gasteiger partial charge < -0.3 is 10.2 Å². The van der Waals surface area contributed by atoms with E-state index in [9.17, 15) is 0 Å². The molecule has 3 rings (SSSR count). The lowest BCUT2D eigenvalue weighted by Crippen LogP contribution is -1.96. The van der Waals surface area contributed by atoms with Gasteiger partial charge in [0.2, 0.25) is 0 Å². The number of aliphatic hydroxyl groups is 2. The summed E-state index contributed by atoms with van der Waals surface area (Å²) in [4.78, 5) is 9.89. The second-order valence-corrected chi connectivity index (χ2v) is 7.59. The van der Waals surface area contributed by atoms with Gasteiger partial charge in [-0.25, -0.2) is 0 Å². The van der Waals surface area contributed by atoms with Gasteiger partial charge in [-0.3, -0.25) is 9.97 Å². The van der Waals surface area contributed by atoms with Crippen LogP contribution in [0.3, 0.4) is 0 Å². The molecule has 0 spiro atoms. The van der Waals surface area contributed by atoms with Crippen LogP contribution in [-0.2, 0) is 12.8 Å². The van der Waals surface area contributed by atoms with Crippen LogP contribution in [0.2, 0.25) is 0 Å². The summed E-state index contributed by atoms with van der Waals surface area (Å²) in [7, 11) is 0. The van der Waals surface area contributed by atoms with E-state index in [-0.39, 0.29) is 13.2 Å². The molecule has 0 aliphatic rings. The van der Waals surface area contributed by atoms with Crippen LogP contribution >= 0.6 is 0 Å². The molecular formula is C24H32N2O2. The molecule has 0 unspecified atom stereocenters. The average Bonchev–Trinajstić information content (AvgIpc) is 2.73. The lowest BCUT2D eigenvalue weighted by atomic mass is 10.1. The molecule has 0 saturated carbocycles.